The maximum absolute atomic E-state index is 11.5. The zero-order valence-corrected chi connectivity index (χ0v) is 11.8. The summed E-state index contributed by atoms with van der Waals surface area (Å²) in [5.41, 5.74) is 0.740. The highest BCUT2D eigenvalue weighted by Crippen LogP contribution is 2.15. The summed E-state index contributed by atoms with van der Waals surface area (Å²) in [7, 11) is 0. The minimum atomic E-state index is -0.330. The second-order valence-corrected chi connectivity index (χ2v) is 5.55. The van der Waals surface area contributed by atoms with Crippen molar-refractivity contribution in [3.63, 3.8) is 0 Å². The van der Waals surface area contributed by atoms with Gasteiger partial charge in [-0.05, 0) is 24.6 Å². The lowest BCUT2D eigenvalue weighted by Crippen LogP contribution is -2.59. The minimum absolute atomic E-state index is 0.00613. The molecule has 1 aromatic carbocycles. The molecule has 0 aromatic heterocycles. The van der Waals surface area contributed by atoms with Gasteiger partial charge in [0.25, 0.3) is 0 Å². The predicted octanol–water partition coefficient (Wildman–Crippen LogP) is 1.87. The van der Waals surface area contributed by atoms with Crippen LogP contribution in [0.1, 0.15) is 12.5 Å². The number of ether oxygens (including phenoxy) is 2. The molecule has 0 unspecified atom stereocenters. The van der Waals surface area contributed by atoms with Crippen LogP contribution in [0.25, 0.3) is 0 Å². The van der Waals surface area contributed by atoms with Gasteiger partial charge in [0.15, 0.2) is 0 Å². The van der Waals surface area contributed by atoms with Crippen LogP contribution in [0.4, 0.5) is 0 Å². The zero-order valence-electron chi connectivity index (χ0n) is 10.2. The number of carbonyl (C=O) groups is 1. The van der Waals surface area contributed by atoms with E-state index in [1.807, 2.05) is 31.2 Å². The van der Waals surface area contributed by atoms with E-state index in [-0.39, 0.29) is 24.8 Å². The molecule has 0 radical (unpaired) electrons. The van der Waals surface area contributed by atoms with Crippen molar-refractivity contribution in [2.75, 3.05) is 19.7 Å². The van der Waals surface area contributed by atoms with Gasteiger partial charge in [-0.25, -0.2) is 4.79 Å². The highest BCUT2D eigenvalue weighted by Gasteiger charge is 2.33. The molecule has 0 bridgehead atoms. The molecule has 5 heteroatoms. The molecule has 0 atom stereocenters. The van der Waals surface area contributed by atoms with E-state index in [2.05, 4.69) is 21.2 Å². The van der Waals surface area contributed by atoms with Crippen LogP contribution < -0.4 is 5.32 Å². The van der Waals surface area contributed by atoms with Crippen molar-refractivity contribution in [2.45, 2.75) is 19.1 Å². The first-order chi connectivity index (χ1) is 8.57. The molecule has 1 aliphatic rings. The molecule has 1 aromatic rings. The molecular formula is C13H16BrNO3. The Bertz CT molecular complexity index is 432. The van der Waals surface area contributed by atoms with Crippen molar-refractivity contribution in [1.82, 2.24) is 5.32 Å². The third kappa shape index (κ3) is 3.80. The summed E-state index contributed by atoms with van der Waals surface area (Å²) in [5, 5.41) is 3.11. The number of hydrogen-bond donors (Lipinski definition) is 1. The molecule has 1 heterocycles. The average Bonchev–Trinajstić information content (AvgIpc) is 2.31. The number of hydrogen-bond acceptors (Lipinski definition) is 4. The van der Waals surface area contributed by atoms with Gasteiger partial charge in [-0.1, -0.05) is 28.1 Å². The lowest BCUT2D eigenvalue weighted by Gasteiger charge is -2.38. The maximum atomic E-state index is 11.5. The summed E-state index contributed by atoms with van der Waals surface area (Å²) >= 11 is 3.37. The Morgan fingerprint density at radius 3 is 2.89 bits per heavy atom. The third-order valence-electron chi connectivity index (χ3n) is 2.83. The number of esters is 1. The Morgan fingerprint density at radius 2 is 2.28 bits per heavy atom. The van der Waals surface area contributed by atoms with Gasteiger partial charge in [-0.15, -0.1) is 0 Å². The Kier molecular flexibility index (Phi) is 4.37. The molecule has 0 aliphatic carbocycles. The molecule has 1 fully saturated rings. The van der Waals surface area contributed by atoms with Gasteiger partial charge < -0.3 is 14.8 Å². The summed E-state index contributed by atoms with van der Waals surface area (Å²) in [5.74, 6) is -0.330. The molecule has 2 rings (SSSR count). The van der Waals surface area contributed by atoms with Crippen LogP contribution in [0.3, 0.4) is 0 Å². The second kappa shape index (κ2) is 5.82. The quantitative estimate of drug-likeness (QED) is 0.843. The largest absolute Gasteiger partial charge is 0.459 e. The summed E-state index contributed by atoms with van der Waals surface area (Å²) in [6.07, 6.45) is 0. The highest BCUT2D eigenvalue weighted by atomic mass is 79.9. The van der Waals surface area contributed by atoms with Crippen LogP contribution in [-0.2, 0) is 20.9 Å². The average molecular weight is 314 g/mol. The van der Waals surface area contributed by atoms with Gasteiger partial charge in [-0.3, -0.25) is 0 Å². The van der Waals surface area contributed by atoms with Gasteiger partial charge in [0.2, 0.25) is 0 Å². The van der Waals surface area contributed by atoms with Crippen molar-refractivity contribution >= 4 is 21.9 Å². The number of carbonyl (C=O) groups excluding carboxylic acids is 1. The van der Waals surface area contributed by atoms with E-state index in [1.54, 1.807) is 0 Å². The third-order valence-corrected chi connectivity index (χ3v) is 3.32. The Labute approximate surface area is 115 Å². The lowest BCUT2D eigenvalue weighted by molar-refractivity contribution is -0.159. The molecule has 1 aliphatic heterocycles. The standard InChI is InChI=1S/C13H16BrNO3/c1-13(8-15-9-13)18-7-12(16)17-6-10-3-2-4-11(14)5-10/h2-5,15H,6-9H2,1H3. The summed E-state index contributed by atoms with van der Waals surface area (Å²) in [4.78, 5) is 11.5. The Balaban J connectivity index is 1.71. The van der Waals surface area contributed by atoms with Crippen molar-refractivity contribution in [2.24, 2.45) is 0 Å². The van der Waals surface area contributed by atoms with Crippen LogP contribution in [0, 0.1) is 0 Å². The van der Waals surface area contributed by atoms with Gasteiger partial charge in [0.1, 0.15) is 13.2 Å². The first kappa shape index (κ1) is 13.5. The molecule has 0 amide bonds. The number of benzene rings is 1. The van der Waals surface area contributed by atoms with Gasteiger partial charge in [0.05, 0.1) is 5.60 Å². The monoisotopic (exact) mass is 313 g/mol. The van der Waals surface area contributed by atoms with Crippen LogP contribution in [-0.4, -0.2) is 31.3 Å². The minimum Gasteiger partial charge on any atom is -0.459 e. The van der Waals surface area contributed by atoms with Crippen LogP contribution >= 0.6 is 15.9 Å². The number of halogens is 1. The zero-order chi connectivity index (χ0) is 13.0. The first-order valence-corrected chi connectivity index (χ1v) is 6.61. The first-order valence-electron chi connectivity index (χ1n) is 5.82. The second-order valence-electron chi connectivity index (χ2n) is 4.63. The van der Waals surface area contributed by atoms with E-state index in [1.165, 1.54) is 0 Å². The maximum Gasteiger partial charge on any atom is 0.332 e. The lowest BCUT2D eigenvalue weighted by atomic mass is 10.0. The van der Waals surface area contributed by atoms with Gasteiger partial charge in [-0.2, -0.15) is 0 Å². The molecule has 0 spiro atoms. The summed E-state index contributed by atoms with van der Waals surface area (Å²) in [6, 6.07) is 7.67. The van der Waals surface area contributed by atoms with Crippen molar-refractivity contribution in [3.05, 3.63) is 34.3 Å². The molecule has 1 N–H and O–H groups in total. The predicted molar refractivity (Wildman–Crippen MR) is 71.2 cm³/mol. The van der Waals surface area contributed by atoms with Crippen molar-refractivity contribution in [1.29, 1.82) is 0 Å². The molecule has 4 nitrogen and oxygen atoms in total. The van der Waals surface area contributed by atoms with E-state index < -0.39 is 0 Å². The van der Waals surface area contributed by atoms with E-state index in [4.69, 9.17) is 9.47 Å². The van der Waals surface area contributed by atoms with Crippen molar-refractivity contribution < 1.29 is 14.3 Å². The molecule has 18 heavy (non-hydrogen) atoms. The number of rotatable bonds is 5. The fraction of sp³-hybridized carbons (Fsp3) is 0.462. The normalized spacial score (nSPS) is 17.0. The van der Waals surface area contributed by atoms with Crippen molar-refractivity contribution in [3.8, 4) is 0 Å². The number of nitrogens with one attached hydrogen (secondary N) is 1. The summed E-state index contributed by atoms with van der Waals surface area (Å²) in [6.45, 7) is 3.83. The van der Waals surface area contributed by atoms with E-state index in [0.717, 1.165) is 23.1 Å². The van der Waals surface area contributed by atoms with Crippen LogP contribution in [0.5, 0.6) is 0 Å². The SMILES string of the molecule is CC1(OCC(=O)OCc2cccc(Br)c2)CNC1. The van der Waals surface area contributed by atoms with E-state index >= 15 is 0 Å². The van der Waals surface area contributed by atoms with Gasteiger partial charge in [0, 0.05) is 17.6 Å². The fourth-order valence-corrected chi connectivity index (χ4v) is 2.09. The smallest absolute Gasteiger partial charge is 0.332 e. The molecule has 0 saturated carbocycles. The van der Waals surface area contributed by atoms with Gasteiger partial charge >= 0.3 is 5.97 Å². The molecule has 98 valence electrons. The molecule has 1 saturated heterocycles. The van der Waals surface area contributed by atoms with E-state index in [9.17, 15) is 4.79 Å². The molecular weight excluding hydrogens is 298 g/mol. The fourth-order valence-electron chi connectivity index (χ4n) is 1.64. The van der Waals surface area contributed by atoms with Crippen LogP contribution in [0.2, 0.25) is 0 Å². The topological polar surface area (TPSA) is 47.6 Å². The Hall–Kier alpha value is -0.910. The van der Waals surface area contributed by atoms with E-state index in [0.29, 0.717) is 0 Å². The van der Waals surface area contributed by atoms with Crippen LogP contribution in [0.15, 0.2) is 28.7 Å². The Morgan fingerprint density at radius 1 is 1.50 bits per heavy atom. The summed E-state index contributed by atoms with van der Waals surface area (Å²) < 4.78 is 11.6. The highest BCUT2D eigenvalue weighted by molar-refractivity contribution is 9.10.